The summed E-state index contributed by atoms with van der Waals surface area (Å²) in [6.45, 7) is 4.49. The lowest BCUT2D eigenvalue weighted by Gasteiger charge is -2.26. The molecule has 1 aliphatic heterocycles. The molecule has 0 atom stereocenters. The molecular weight excluding hydrogens is 194 g/mol. The molecule has 1 aromatic heterocycles. The molecule has 0 radical (unpaired) electrons. The Hall–Kier alpha value is -1.43. The van der Waals surface area contributed by atoms with Crippen molar-refractivity contribution in [1.29, 1.82) is 0 Å². The molecule has 6 heteroatoms. The molecule has 0 aliphatic carbocycles. The van der Waals surface area contributed by atoms with E-state index in [1.54, 1.807) is 10.9 Å². The van der Waals surface area contributed by atoms with Crippen LogP contribution in [0.3, 0.4) is 0 Å². The highest BCUT2D eigenvalue weighted by Crippen LogP contribution is 2.09. The topological polar surface area (TPSA) is 71.8 Å². The van der Waals surface area contributed by atoms with E-state index >= 15 is 0 Å². The lowest BCUT2D eigenvalue weighted by Crippen LogP contribution is -2.43. The molecule has 0 saturated carbocycles. The van der Waals surface area contributed by atoms with Crippen molar-refractivity contribution in [2.75, 3.05) is 19.6 Å². The third kappa shape index (κ3) is 2.15. The molecule has 2 heterocycles. The zero-order valence-electron chi connectivity index (χ0n) is 8.73. The van der Waals surface area contributed by atoms with Gasteiger partial charge < -0.3 is 10.6 Å². The van der Waals surface area contributed by atoms with Gasteiger partial charge in [-0.05, 0) is 6.42 Å². The van der Waals surface area contributed by atoms with E-state index < -0.39 is 0 Å². The number of amides is 1. The molecule has 0 bridgehead atoms. The molecule has 1 aromatic rings. The van der Waals surface area contributed by atoms with Gasteiger partial charge in [0, 0.05) is 19.6 Å². The SMILES string of the molecule is CCCNC(=O)c1cn(C2CNC2)nn1. The monoisotopic (exact) mass is 209 g/mol. The minimum atomic E-state index is -0.143. The lowest BCUT2D eigenvalue weighted by molar-refractivity contribution is 0.0948. The summed E-state index contributed by atoms with van der Waals surface area (Å²) in [7, 11) is 0. The van der Waals surface area contributed by atoms with Gasteiger partial charge in [0.05, 0.1) is 12.2 Å². The molecule has 1 saturated heterocycles. The number of hydrogen-bond acceptors (Lipinski definition) is 4. The maximum Gasteiger partial charge on any atom is 0.273 e. The van der Waals surface area contributed by atoms with Gasteiger partial charge in [-0.2, -0.15) is 0 Å². The molecule has 15 heavy (non-hydrogen) atoms. The Kier molecular flexibility index (Phi) is 2.96. The fourth-order valence-electron chi connectivity index (χ4n) is 1.35. The second kappa shape index (κ2) is 4.39. The minimum Gasteiger partial charge on any atom is -0.351 e. The van der Waals surface area contributed by atoms with Crippen molar-refractivity contribution in [1.82, 2.24) is 25.6 Å². The Bertz CT molecular complexity index is 344. The fourth-order valence-corrected chi connectivity index (χ4v) is 1.35. The van der Waals surface area contributed by atoms with E-state index in [4.69, 9.17) is 0 Å². The van der Waals surface area contributed by atoms with Crippen molar-refractivity contribution in [2.24, 2.45) is 0 Å². The second-order valence-corrected chi connectivity index (χ2v) is 3.65. The quantitative estimate of drug-likeness (QED) is 0.705. The number of aromatic nitrogens is 3. The van der Waals surface area contributed by atoms with Crippen LogP contribution in [0.1, 0.15) is 29.9 Å². The first-order chi connectivity index (χ1) is 7.31. The van der Waals surface area contributed by atoms with Gasteiger partial charge in [-0.25, -0.2) is 4.68 Å². The first-order valence-electron chi connectivity index (χ1n) is 5.22. The summed E-state index contributed by atoms with van der Waals surface area (Å²) in [5, 5.41) is 13.7. The zero-order valence-corrected chi connectivity index (χ0v) is 8.73. The largest absolute Gasteiger partial charge is 0.351 e. The Morgan fingerprint density at radius 3 is 3.13 bits per heavy atom. The molecule has 82 valence electrons. The zero-order chi connectivity index (χ0) is 10.7. The van der Waals surface area contributed by atoms with E-state index in [9.17, 15) is 4.79 Å². The summed E-state index contributed by atoms with van der Waals surface area (Å²) in [4.78, 5) is 11.5. The van der Waals surface area contributed by atoms with Crippen LogP contribution in [0.15, 0.2) is 6.20 Å². The smallest absolute Gasteiger partial charge is 0.273 e. The van der Waals surface area contributed by atoms with E-state index in [1.165, 1.54) is 0 Å². The molecule has 0 unspecified atom stereocenters. The van der Waals surface area contributed by atoms with Gasteiger partial charge in [-0.3, -0.25) is 4.79 Å². The summed E-state index contributed by atoms with van der Waals surface area (Å²) in [5.74, 6) is -0.143. The Balaban J connectivity index is 1.96. The predicted molar refractivity (Wildman–Crippen MR) is 54.6 cm³/mol. The molecule has 0 spiro atoms. The van der Waals surface area contributed by atoms with Crippen LogP contribution >= 0.6 is 0 Å². The van der Waals surface area contributed by atoms with Crippen LogP contribution in [0.25, 0.3) is 0 Å². The van der Waals surface area contributed by atoms with E-state index in [0.29, 0.717) is 18.3 Å². The van der Waals surface area contributed by atoms with Gasteiger partial charge in [-0.1, -0.05) is 12.1 Å². The number of nitrogens with one attached hydrogen (secondary N) is 2. The van der Waals surface area contributed by atoms with Crippen molar-refractivity contribution in [2.45, 2.75) is 19.4 Å². The fraction of sp³-hybridized carbons (Fsp3) is 0.667. The van der Waals surface area contributed by atoms with Crippen molar-refractivity contribution in [3.63, 3.8) is 0 Å². The third-order valence-corrected chi connectivity index (χ3v) is 2.41. The summed E-state index contributed by atoms with van der Waals surface area (Å²) in [6, 6.07) is 0.352. The highest BCUT2D eigenvalue weighted by atomic mass is 16.2. The Labute approximate surface area is 88.0 Å². The van der Waals surface area contributed by atoms with Crippen LogP contribution in [-0.4, -0.2) is 40.5 Å². The Morgan fingerprint density at radius 1 is 1.73 bits per heavy atom. The van der Waals surface area contributed by atoms with E-state index in [2.05, 4.69) is 20.9 Å². The number of carbonyl (C=O) groups is 1. The molecule has 2 N–H and O–H groups in total. The highest BCUT2D eigenvalue weighted by Gasteiger charge is 2.21. The molecular formula is C9H15N5O. The van der Waals surface area contributed by atoms with Gasteiger partial charge in [0.1, 0.15) is 0 Å². The molecule has 0 aromatic carbocycles. The molecule has 1 fully saturated rings. The second-order valence-electron chi connectivity index (χ2n) is 3.65. The van der Waals surface area contributed by atoms with E-state index in [0.717, 1.165) is 19.5 Å². The number of nitrogens with zero attached hydrogens (tertiary/aromatic N) is 3. The third-order valence-electron chi connectivity index (χ3n) is 2.41. The normalized spacial score (nSPS) is 16.1. The average Bonchev–Trinajstić information content (AvgIpc) is 2.60. The lowest BCUT2D eigenvalue weighted by atomic mass is 10.2. The van der Waals surface area contributed by atoms with Crippen molar-refractivity contribution in [3.05, 3.63) is 11.9 Å². The summed E-state index contributed by atoms with van der Waals surface area (Å²) in [5.41, 5.74) is 0.398. The number of hydrogen-bond donors (Lipinski definition) is 2. The van der Waals surface area contributed by atoms with Crippen molar-refractivity contribution >= 4 is 5.91 Å². The predicted octanol–water partition coefficient (Wildman–Crippen LogP) is -0.438. The minimum absolute atomic E-state index is 0.143. The first kappa shape index (κ1) is 10.1. The maximum atomic E-state index is 11.5. The molecule has 2 rings (SSSR count). The van der Waals surface area contributed by atoms with Crippen LogP contribution in [0.5, 0.6) is 0 Å². The molecule has 1 amide bonds. The summed E-state index contributed by atoms with van der Waals surface area (Å²) >= 11 is 0. The van der Waals surface area contributed by atoms with Gasteiger partial charge in [0.2, 0.25) is 0 Å². The van der Waals surface area contributed by atoms with Crippen molar-refractivity contribution in [3.8, 4) is 0 Å². The summed E-state index contributed by atoms with van der Waals surface area (Å²) in [6.07, 6.45) is 2.63. The van der Waals surface area contributed by atoms with Gasteiger partial charge in [0.25, 0.3) is 5.91 Å². The highest BCUT2D eigenvalue weighted by molar-refractivity contribution is 5.91. The van der Waals surface area contributed by atoms with Crippen molar-refractivity contribution < 1.29 is 4.79 Å². The van der Waals surface area contributed by atoms with Gasteiger partial charge >= 0.3 is 0 Å². The van der Waals surface area contributed by atoms with Crippen LogP contribution < -0.4 is 10.6 Å². The first-order valence-corrected chi connectivity index (χ1v) is 5.22. The summed E-state index contributed by atoms with van der Waals surface area (Å²) < 4.78 is 1.75. The Morgan fingerprint density at radius 2 is 2.53 bits per heavy atom. The maximum absolute atomic E-state index is 11.5. The van der Waals surface area contributed by atoms with E-state index in [1.807, 2.05) is 6.92 Å². The van der Waals surface area contributed by atoms with Crippen LogP contribution in [-0.2, 0) is 0 Å². The van der Waals surface area contributed by atoms with Crippen LogP contribution in [0.4, 0.5) is 0 Å². The van der Waals surface area contributed by atoms with Gasteiger partial charge in [0.15, 0.2) is 5.69 Å². The van der Waals surface area contributed by atoms with Crippen LogP contribution in [0, 0.1) is 0 Å². The molecule has 1 aliphatic rings. The molecule has 6 nitrogen and oxygen atoms in total. The average molecular weight is 209 g/mol. The van der Waals surface area contributed by atoms with Gasteiger partial charge in [-0.15, -0.1) is 5.10 Å². The number of carbonyl (C=O) groups excluding carboxylic acids is 1. The standard InChI is InChI=1S/C9H15N5O/c1-2-3-11-9(15)8-6-14(13-12-8)7-4-10-5-7/h6-7,10H,2-5H2,1H3,(H,11,15). The van der Waals surface area contributed by atoms with Crippen LogP contribution in [0.2, 0.25) is 0 Å². The van der Waals surface area contributed by atoms with E-state index in [-0.39, 0.29) is 5.91 Å². The number of rotatable bonds is 4.